The number of rotatable bonds is 6. The third-order valence-corrected chi connectivity index (χ3v) is 2.66. The van der Waals surface area contributed by atoms with Crippen molar-refractivity contribution in [2.24, 2.45) is 0 Å². The van der Waals surface area contributed by atoms with Crippen molar-refractivity contribution in [3.05, 3.63) is 33.9 Å². The van der Waals surface area contributed by atoms with Crippen LogP contribution in [-0.4, -0.2) is 23.5 Å². The van der Waals surface area contributed by atoms with Crippen LogP contribution in [0.4, 0.5) is 24.5 Å². The largest absolute Gasteiger partial charge is 0.447 e. The van der Waals surface area contributed by atoms with Gasteiger partial charge in [0.25, 0.3) is 5.69 Å². The van der Waals surface area contributed by atoms with Crippen molar-refractivity contribution in [2.45, 2.75) is 25.6 Å². The fourth-order valence-electron chi connectivity index (χ4n) is 1.59. The number of esters is 1. The van der Waals surface area contributed by atoms with Crippen LogP contribution in [0.15, 0.2) is 18.2 Å². The number of nitro groups is 1. The monoisotopic (exact) mass is 331 g/mol. The first-order valence-electron chi connectivity index (χ1n) is 6.33. The van der Waals surface area contributed by atoms with Crippen molar-refractivity contribution >= 4 is 17.3 Å². The van der Waals surface area contributed by atoms with Crippen molar-refractivity contribution in [1.29, 1.82) is 5.26 Å². The molecule has 0 unspecified atom stereocenters. The second-order valence-electron chi connectivity index (χ2n) is 4.42. The zero-order valence-electron chi connectivity index (χ0n) is 11.9. The van der Waals surface area contributed by atoms with Gasteiger partial charge in [-0.05, 0) is 19.1 Å². The number of nitrogens with zero attached hydrogens (tertiary/aromatic N) is 2. The second kappa shape index (κ2) is 7.44. The van der Waals surface area contributed by atoms with E-state index >= 15 is 0 Å². The average molecular weight is 331 g/mol. The molecule has 23 heavy (non-hydrogen) atoms. The molecule has 0 bridgehead atoms. The van der Waals surface area contributed by atoms with Crippen molar-refractivity contribution in [3.63, 3.8) is 0 Å². The summed E-state index contributed by atoms with van der Waals surface area (Å²) in [6, 6.07) is 3.72. The van der Waals surface area contributed by atoms with Gasteiger partial charge in [0.1, 0.15) is 11.8 Å². The number of anilines is 1. The minimum absolute atomic E-state index is 0.0941. The van der Waals surface area contributed by atoms with Crippen LogP contribution in [0.1, 0.15) is 18.9 Å². The third-order valence-electron chi connectivity index (χ3n) is 2.66. The van der Waals surface area contributed by atoms with Gasteiger partial charge in [-0.25, -0.2) is 0 Å². The van der Waals surface area contributed by atoms with Crippen LogP contribution in [0.5, 0.6) is 0 Å². The molecule has 1 rings (SSSR count). The molecular weight excluding hydrogens is 319 g/mol. The van der Waals surface area contributed by atoms with Gasteiger partial charge < -0.3 is 10.1 Å². The van der Waals surface area contributed by atoms with Crippen molar-refractivity contribution in [2.75, 3.05) is 11.9 Å². The van der Waals surface area contributed by atoms with Gasteiger partial charge in [0.2, 0.25) is 0 Å². The van der Waals surface area contributed by atoms with E-state index < -0.39 is 34.4 Å². The first kappa shape index (κ1) is 18.2. The Bertz CT molecular complexity index is 640. The number of nitro benzene ring substituents is 1. The number of hydrogen-bond acceptors (Lipinski definition) is 6. The molecule has 0 aliphatic carbocycles. The maximum absolute atomic E-state index is 12.5. The van der Waals surface area contributed by atoms with E-state index in [1.54, 1.807) is 6.07 Å². The molecular formula is C13H12F3N3O4. The van der Waals surface area contributed by atoms with E-state index in [0.717, 1.165) is 6.07 Å². The molecule has 0 fully saturated rings. The lowest BCUT2D eigenvalue weighted by molar-refractivity contribution is -0.384. The molecule has 0 aliphatic rings. The minimum atomic E-state index is -4.69. The highest BCUT2D eigenvalue weighted by molar-refractivity contribution is 5.71. The van der Waals surface area contributed by atoms with Crippen LogP contribution in [0, 0.1) is 21.4 Å². The molecule has 124 valence electrons. The van der Waals surface area contributed by atoms with Crippen LogP contribution < -0.4 is 5.32 Å². The summed E-state index contributed by atoms with van der Waals surface area (Å²) in [5.74, 6) is -0.707. The Labute approximate surface area is 128 Å². The average Bonchev–Trinajstić information content (AvgIpc) is 2.45. The molecule has 0 saturated heterocycles. The molecule has 7 nitrogen and oxygen atoms in total. The molecule has 1 aromatic rings. The van der Waals surface area contributed by atoms with E-state index in [2.05, 4.69) is 10.1 Å². The summed E-state index contributed by atoms with van der Waals surface area (Å²) in [5.41, 5.74) is -2.04. The molecule has 0 aromatic heterocycles. The fourth-order valence-corrected chi connectivity index (χ4v) is 1.59. The number of carbonyl (C=O) groups excluding carboxylic acids is 1. The van der Waals surface area contributed by atoms with Gasteiger partial charge in [-0.1, -0.05) is 0 Å². The molecule has 0 heterocycles. The number of benzene rings is 1. The number of nitrogens with one attached hydrogen (secondary N) is 1. The summed E-state index contributed by atoms with van der Waals surface area (Å²) in [4.78, 5) is 21.2. The van der Waals surface area contributed by atoms with E-state index in [0.29, 0.717) is 12.1 Å². The quantitative estimate of drug-likeness (QED) is 0.488. The maximum Gasteiger partial charge on any atom is 0.416 e. The second-order valence-corrected chi connectivity index (χ2v) is 4.42. The Hall–Kier alpha value is -2.83. The van der Waals surface area contributed by atoms with E-state index in [1.807, 2.05) is 0 Å². The molecule has 0 amide bonds. The fraction of sp³-hybridized carbons (Fsp3) is 0.385. The number of carbonyl (C=O) groups is 1. The number of halogens is 3. The van der Waals surface area contributed by atoms with Crippen LogP contribution in [0.25, 0.3) is 0 Å². The van der Waals surface area contributed by atoms with E-state index in [9.17, 15) is 28.1 Å². The van der Waals surface area contributed by atoms with Gasteiger partial charge in [0.05, 0.1) is 16.9 Å². The van der Waals surface area contributed by atoms with Gasteiger partial charge in [-0.15, -0.1) is 0 Å². The first-order chi connectivity index (χ1) is 10.6. The molecule has 0 radical (unpaired) electrons. The highest BCUT2D eigenvalue weighted by atomic mass is 19.4. The van der Waals surface area contributed by atoms with Gasteiger partial charge in [0.15, 0.2) is 6.10 Å². The van der Waals surface area contributed by atoms with Gasteiger partial charge >= 0.3 is 12.1 Å². The summed E-state index contributed by atoms with van der Waals surface area (Å²) in [6.45, 7) is 1.27. The lowest BCUT2D eigenvalue weighted by atomic mass is 10.1. The highest BCUT2D eigenvalue weighted by Crippen LogP contribution is 2.34. The summed E-state index contributed by atoms with van der Waals surface area (Å²) in [7, 11) is 0. The van der Waals surface area contributed by atoms with Crippen LogP contribution in [0.2, 0.25) is 0 Å². The van der Waals surface area contributed by atoms with E-state index in [1.165, 1.54) is 6.92 Å². The number of ether oxygens (including phenoxy) is 1. The SMILES string of the molecule is C[C@@H](C#N)OC(=O)CCNc1ccc(C(F)(F)F)cc1[N+](=O)[O-]. The normalized spacial score (nSPS) is 12.1. The summed E-state index contributed by atoms with van der Waals surface area (Å²) in [5, 5.41) is 21.8. The summed E-state index contributed by atoms with van der Waals surface area (Å²) >= 11 is 0. The van der Waals surface area contributed by atoms with Crippen LogP contribution >= 0.6 is 0 Å². The van der Waals surface area contributed by atoms with Crippen LogP contribution in [0.3, 0.4) is 0 Å². The molecule has 0 spiro atoms. The zero-order valence-corrected chi connectivity index (χ0v) is 11.9. The maximum atomic E-state index is 12.5. The van der Waals surface area contributed by atoms with Gasteiger partial charge in [-0.3, -0.25) is 14.9 Å². The Kier molecular flexibility index (Phi) is 5.89. The summed E-state index contributed by atoms with van der Waals surface area (Å²) in [6.07, 6.45) is -5.83. The molecule has 1 N–H and O–H groups in total. The molecule has 0 aliphatic heterocycles. The summed E-state index contributed by atoms with van der Waals surface area (Å²) < 4.78 is 42.3. The molecule has 1 atom stereocenters. The van der Waals surface area contributed by atoms with Crippen molar-refractivity contribution in [1.82, 2.24) is 0 Å². The third kappa shape index (κ3) is 5.46. The lowest BCUT2D eigenvalue weighted by Crippen LogP contribution is -2.16. The molecule has 0 saturated carbocycles. The first-order valence-corrected chi connectivity index (χ1v) is 6.33. The zero-order chi connectivity index (χ0) is 17.6. The van der Waals surface area contributed by atoms with E-state index in [-0.39, 0.29) is 18.7 Å². The van der Waals surface area contributed by atoms with Crippen LogP contribution in [-0.2, 0) is 15.7 Å². The Morgan fingerprint density at radius 3 is 2.70 bits per heavy atom. The Balaban J connectivity index is 2.76. The predicted octanol–water partition coefficient (Wildman–Crippen LogP) is 2.87. The van der Waals surface area contributed by atoms with Crippen molar-refractivity contribution < 1.29 is 27.6 Å². The smallest absolute Gasteiger partial charge is 0.416 e. The van der Waals surface area contributed by atoms with Gasteiger partial charge in [0, 0.05) is 12.6 Å². The van der Waals surface area contributed by atoms with Gasteiger partial charge in [-0.2, -0.15) is 18.4 Å². The Morgan fingerprint density at radius 2 is 2.17 bits per heavy atom. The number of hydrogen-bond donors (Lipinski definition) is 1. The minimum Gasteiger partial charge on any atom is -0.447 e. The standard InChI is InChI=1S/C13H12F3N3O4/c1-8(7-17)23-12(20)4-5-18-10-3-2-9(13(14,15)16)6-11(10)19(21)22/h2-3,6,8,18H,4-5H2,1H3/t8-/m0/s1. The topological polar surface area (TPSA) is 105 Å². The highest BCUT2D eigenvalue weighted by Gasteiger charge is 2.33. The Morgan fingerprint density at radius 1 is 1.52 bits per heavy atom. The number of alkyl halides is 3. The molecule has 10 heteroatoms. The van der Waals surface area contributed by atoms with E-state index in [4.69, 9.17) is 5.26 Å². The number of nitriles is 1. The molecule has 1 aromatic carbocycles. The predicted molar refractivity (Wildman–Crippen MR) is 72.4 cm³/mol. The lowest BCUT2D eigenvalue weighted by Gasteiger charge is -2.11. The van der Waals surface area contributed by atoms with Crippen molar-refractivity contribution in [3.8, 4) is 6.07 Å².